The standard InChI is InChI=1S/C21H21F2N3O2/c1-3-4-6-14-7-5-8-16(13-14)21(18(27)26(2)20(24)25-21)15-9-11-17(12-10-15)28-19(22)23/h3,5,7-13,19H,1,4,6H2,2H3,(H2,24,25). The average Bonchev–Trinajstić information content (AvgIpc) is 2.92. The van der Waals surface area contributed by atoms with Crippen molar-refractivity contribution in [3.05, 3.63) is 77.9 Å². The number of carbonyl (C=O) groups excluding carboxylic acids is 1. The van der Waals surface area contributed by atoms with E-state index < -0.39 is 12.2 Å². The molecule has 0 saturated heterocycles. The molecule has 1 amide bonds. The molecule has 1 aliphatic heterocycles. The van der Waals surface area contributed by atoms with Gasteiger partial charge in [0.05, 0.1) is 0 Å². The summed E-state index contributed by atoms with van der Waals surface area (Å²) in [6.45, 7) is 0.811. The minimum Gasteiger partial charge on any atom is -0.435 e. The summed E-state index contributed by atoms with van der Waals surface area (Å²) in [5, 5.41) is 0. The van der Waals surface area contributed by atoms with Gasteiger partial charge in [0.2, 0.25) is 0 Å². The molecule has 0 aliphatic carbocycles. The predicted molar refractivity (Wildman–Crippen MR) is 103 cm³/mol. The molecule has 28 heavy (non-hydrogen) atoms. The highest BCUT2D eigenvalue weighted by Crippen LogP contribution is 2.40. The Labute approximate surface area is 162 Å². The van der Waals surface area contributed by atoms with Crippen molar-refractivity contribution in [1.29, 1.82) is 0 Å². The Bertz CT molecular complexity index is 912. The van der Waals surface area contributed by atoms with Gasteiger partial charge in [-0.15, -0.1) is 6.58 Å². The van der Waals surface area contributed by atoms with Crippen molar-refractivity contribution in [2.24, 2.45) is 10.7 Å². The molecule has 0 fully saturated rings. The number of halogens is 2. The number of likely N-dealkylation sites (N-methyl/N-ethyl adjacent to an activating group) is 1. The maximum Gasteiger partial charge on any atom is 0.387 e. The van der Waals surface area contributed by atoms with E-state index in [9.17, 15) is 13.6 Å². The molecule has 1 atom stereocenters. The summed E-state index contributed by atoms with van der Waals surface area (Å²) in [5.41, 5.74) is 6.80. The maximum absolute atomic E-state index is 13.2. The van der Waals surface area contributed by atoms with Crippen molar-refractivity contribution in [3.63, 3.8) is 0 Å². The highest BCUT2D eigenvalue weighted by molar-refractivity contribution is 6.08. The fraction of sp³-hybridized carbons (Fsp3) is 0.238. The number of hydrogen-bond acceptors (Lipinski definition) is 4. The van der Waals surface area contributed by atoms with Gasteiger partial charge in [-0.25, -0.2) is 4.99 Å². The second kappa shape index (κ2) is 7.80. The molecule has 1 aliphatic rings. The van der Waals surface area contributed by atoms with Crippen LogP contribution in [0.5, 0.6) is 5.75 Å². The number of aryl methyl sites for hydroxylation is 1. The minimum atomic E-state index is -2.92. The summed E-state index contributed by atoms with van der Waals surface area (Å²) in [5.74, 6) is -0.216. The summed E-state index contributed by atoms with van der Waals surface area (Å²) < 4.78 is 29.3. The van der Waals surface area contributed by atoms with E-state index in [2.05, 4.69) is 16.3 Å². The van der Waals surface area contributed by atoms with E-state index in [0.717, 1.165) is 18.4 Å². The SMILES string of the molecule is C=CCCc1cccc(C2(c3ccc(OC(F)F)cc3)N=C(N)N(C)C2=O)c1. The molecule has 0 saturated carbocycles. The van der Waals surface area contributed by atoms with Crippen LogP contribution in [-0.2, 0) is 16.8 Å². The van der Waals surface area contributed by atoms with Crippen molar-refractivity contribution in [2.45, 2.75) is 25.0 Å². The van der Waals surface area contributed by atoms with Crippen LogP contribution in [0.15, 0.2) is 66.2 Å². The van der Waals surface area contributed by atoms with E-state index >= 15 is 0 Å². The largest absolute Gasteiger partial charge is 0.435 e. The van der Waals surface area contributed by atoms with Gasteiger partial charge in [-0.3, -0.25) is 9.69 Å². The number of allylic oxidation sites excluding steroid dienone is 1. The van der Waals surface area contributed by atoms with Crippen LogP contribution in [0.25, 0.3) is 0 Å². The Morgan fingerprint density at radius 3 is 2.54 bits per heavy atom. The van der Waals surface area contributed by atoms with Crippen LogP contribution in [0.4, 0.5) is 8.78 Å². The van der Waals surface area contributed by atoms with E-state index in [1.807, 2.05) is 30.3 Å². The van der Waals surface area contributed by atoms with E-state index in [1.54, 1.807) is 19.2 Å². The van der Waals surface area contributed by atoms with Gasteiger partial charge in [0.25, 0.3) is 5.91 Å². The summed E-state index contributed by atoms with van der Waals surface area (Å²) in [4.78, 5) is 19.0. The first-order valence-electron chi connectivity index (χ1n) is 8.77. The van der Waals surface area contributed by atoms with Crippen LogP contribution in [0.1, 0.15) is 23.1 Å². The summed E-state index contributed by atoms with van der Waals surface area (Å²) >= 11 is 0. The summed E-state index contributed by atoms with van der Waals surface area (Å²) in [6.07, 6.45) is 3.40. The monoisotopic (exact) mass is 385 g/mol. The molecule has 0 aromatic heterocycles. The molecule has 7 heteroatoms. The molecule has 2 N–H and O–H groups in total. The highest BCUT2D eigenvalue weighted by atomic mass is 19.3. The highest BCUT2D eigenvalue weighted by Gasteiger charge is 2.49. The fourth-order valence-electron chi connectivity index (χ4n) is 3.28. The van der Waals surface area contributed by atoms with Gasteiger partial charge in [0.15, 0.2) is 11.5 Å². The summed E-state index contributed by atoms with van der Waals surface area (Å²) in [6, 6.07) is 13.5. The third-order valence-electron chi connectivity index (χ3n) is 4.72. The number of rotatable bonds is 7. The lowest BCUT2D eigenvalue weighted by atomic mass is 9.82. The van der Waals surface area contributed by atoms with Gasteiger partial charge in [-0.05, 0) is 41.7 Å². The molecular weight excluding hydrogens is 364 g/mol. The third kappa shape index (κ3) is 3.47. The second-order valence-corrected chi connectivity index (χ2v) is 6.48. The molecule has 2 aromatic rings. The molecule has 146 valence electrons. The average molecular weight is 385 g/mol. The number of guanidine groups is 1. The number of carbonyl (C=O) groups is 1. The van der Waals surface area contributed by atoms with Crippen LogP contribution in [-0.4, -0.2) is 30.4 Å². The van der Waals surface area contributed by atoms with Crippen molar-refractivity contribution >= 4 is 11.9 Å². The van der Waals surface area contributed by atoms with Crippen molar-refractivity contribution in [3.8, 4) is 5.75 Å². The van der Waals surface area contributed by atoms with Gasteiger partial charge < -0.3 is 10.5 Å². The predicted octanol–water partition coefficient (Wildman–Crippen LogP) is 3.44. The van der Waals surface area contributed by atoms with Gasteiger partial charge in [0, 0.05) is 7.05 Å². The molecule has 1 unspecified atom stereocenters. The van der Waals surface area contributed by atoms with Crippen molar-refractivity contribution in [2.75, 3.05) is 7.05 Å². The molecule has 1 heterocycles. The Kier molecular flexibility index (Phi) is 5.44. The van der Waals surface area contributed by atoms with Crippen LogP contribution >= 0.6 is 0 Å². The fourth-order valence-corrected chi connectivity index (χ4v) is 3.28. The third-order valence-corrected chi connectivity index (χ3v) is 4.72. The zero-order chi connectivity index (χ0) is 20.3. The molecule has 0 bridgehead atoms. The number of nitrogens with two attached hydrogens (primary N) is 1. The van der Waals surface area contributed by atoms with Gasteiger partial charge in [0.1, 0.15) is 5.75 Å². The zero-order valence-corrected chi connectivity index (χ0v) is 15.4. The Hall–Kier alpha value is -3.22. The Balaban J connectivity index is 2.10. The second-order valence-electron chi connectivity index (χ2n) is 6.48. The summed E-state index contributed by atoms with van der Waals surface area (Å²) in [7, 11) is 1.55. The molecule has 2 aromatic carbocycles. The number of amides is 1. The van der Waals surface area contributed by atoms with Crippen LogP contribution in [0.3, 0.4) is 0 Å². The lowest BCUT2D eigenvalue weighted by Crippen LogP contribution is -2.41. The van der Waals surface area contributed by atoms with Gasteiger partial charge in [-0.1, -0.05) is 42.5 Å². The van der Waals surface area contributed by atoms with Crippen LogP contribution in [0, 0.1) is 0 Å². The van der Waals surface area contributed by atoms with Crippen LogP contribution < -0.4 is 10.5 Å². The van der Waals surface area contributed by atoms with E-state index in [0.29, 0.717) is 11.1 Å². The lowest BCUT2D eigenvalue weighted by Gasteiger charge is -2.26. The lowest BCUT2D eigenvalue weighted by molar-refractivity contribution is -0.129. The first-order chi connectivity index (χ1) is 13.4. The van der Waals surface area contributed by atoms with Gasteiger partial charge in [-0.2, -0.15) is 8.78 Å². The van der Waals surface area contributed by atoms with Crippen LogP contribution in [0.2, 0.25) is 0 Å². The van der Waals surface area contributed by atoms with Gasteiger partial charge >= 0.3 is 6.61 Å². The van der Waals surface area contributed by atoms with E-state index in [4.69, 9.17) is 5.73 Å². The van der Waals surface area contributed by atoms with Crippen molar-refractivity contribution in [1.82, 2.24) is 4.90 Å². The molecule has 3 rings (SSSR count). The smallest absolute Gasteiger partial charge is 0.387 e. The van der Waals surface area contributed by atoms with E-state index in [1.165, 1.54) is 17.0 Å². The Morgan fingerprint density at radius 2 is 1.96 bits per heavy atom. The minimum absolute atomic E-state index is 0.00406. The number of hydrogen-bond donors (Lipinski definition) is 1. The number of nitrogens with zero attached hydrogens (tertiary/aromatic N) is 2. The molecule has 5 nitrogen and oxygen atoms in total. The number of alkyl halides is 2. The maximum atomic E-state index is 13.2. The normalized spacial score (nSPS) is 19.1. The quantitative estimate of drug-likeness (QED) is 0.743. The molecular formula is C21H21F2N3O2. The Morgan fingerprint density at radius 1 is 1.25 bits per heavy atom. The number of aliphatic imine (C=N–C) groups is 1. The number of ether oxygens (including phenoxy) is 1. The van der Waals surface area contributed by atoms with Crippen molar-refractivity contribution < 1.29 is 18.3 Å². The van der Waals surface area contributed by atoms with E-state index in [-0.39, 0.29) is 17.6 Å². The first-order valence-corrected chi connectivity index (χ1v) is 8.77. The molecule has 0 radical (unpaired) electrons. The number of benzene rings is 2. The first kappa shape index (κ1) is 19.5. The topological polar surface area (TPSA) is 67.9 Å². The zero-order valence-electron chi connectivity index (χ0n) is 15.4. The molecule has 0 spiro atoms.